The predicted molar refractivity (Wildman–Crippen MR) is 85.8 cm³/mol. The van der Waals surface area contributed by atoms with Gasteiger partial charge in [0.05, 0.1) is 0 Å². The fraction of sp³-hybridized carbons (Fsp3) is 0.533. The molecule has 118 valence electrons. The van der Waals surface area contributed by atoms with E-state index in [-0.39, 0.29) is 5.82 Å². The monoisotopic (exact) mass is 360 g/mol. The Kier molecular flexibility index (Phi) is 6.01. The number of anilines is 1. The first kappa shape index (κ1) is 17.8. The van der Waals surface area contributed by atoms with Gasteiger partial charge in [-0.2, -0.15) is 0 Å². The van der Waals surface area contributed by atoms with Crippen molar-refractivity contribution in [2.24, 2.45) is 0 Å². The maximum absolute atomic E-state index is 13.7. The molecular weight excluding hydrogens is 339 g/mol. The fourth-order valence-electron chi connectivity index (χ4n) is 1.86. The number of carbonyl (C=O) groups excluding carboxylic acids is 1. The van der Waals surface area contributed by atoms with Gasteiger partial charge in [-0.1, -0.05) is 0 Å². The van der Waals surface area contributed by atoms with Crippen LogP contribution in [-0.2, 0) is 11.2 Å². The molecule has 0 aliphatic heterocycles. The molecule has 6 heteroatoms. The van der Waals surface area contributed by atoms with E-state index in [0.717, 1.165) is 10.0 Å². The summed E-state index contributed by atoms with van der Waals surface area (Å²) in [6.07, 6.45) is 0.836. The van der Waals surface area contributed by atoms with E-state index in [4.69, 9.17) is 10.5 Å². The van der Waals surface area contributed by atoms with Crippen LogP contribution in [0.4, 0.5) is 14.9 Å². The van der Waals surface area contributed by atoms with E-state index in [1.165, 1.54) is 6.07 Å². The first-order chi connectivity index (χ1) is 9.61. The van der Waals surface area contributed by atoms with E-state index in [0.29, 0.717) is 30.6 Å². The highest BCUT2D eigenvalue weighted by atomic mass is 79.9. The highest BCUT2D eigenvalue weighted by molar-refractivity contribution is 9.10. The van der Waals surface area contributed by atoms with Crippen LogP contribution in [0.25, 0.3) is 0 Å². The van der Waals surface area contributed by atoms with Crippen LogP contribution in [0.2, 0.25) is 0 Å². The van der Waals surface area contributed by atoms with Gasteiger partial charge in [0, 0.05) is 16.7 Å². The summed E-state index contributed by atoms with van der Waals surface area (Å²) in [5, 5.41) is 2.68. The van der Waals surface area contributed by atoms with Crippen molar-refractivity contribution in [3.05, 3.63) is 27.5 Å². The van der Waals surface area contributed by atoms with Crippen molar-refractivity contribution in [3.63, 3.8) is 0 Å². The molecule has 0 unspecified atom stereocenters. The molecule has 0 aromatic heterocycles. The normalized spacial score (nSPS) is 11.3. The number of amides is 1. The van der Waals surface area contributed by atoms with Gasteiger partial charge in [-0.3, -0.25) is 0 Å². The largest absolute Gasteiger partial charge is 0.444 e. The standard InChI is InChI=1S/C15H22BrFN2O2/c1-9-10(13(16)12(18)8-11(9)17)6-5-7-19-14(20)21-15(2,3)4/h8H,5-7,18H2,1-4H3,(H,19,20). The number of carbonyl (C=O) groups is 1. The van der Waals surface area contributed by atoms with Crippen LogP contribution >= 0.6 is 15.9 Å². The van der Waals surface area contributed by atoms with Gasteiger partial charge in [-0.05, 0) is 73.7 Å². The Morgan fingerprint density at radius 2 is 2.10 bits per heavy atom. The number of hydrogen-bond donors (Lipinski definition) is 2. The molecule has 4 nitrogen and oxygen atoms in total. The maximum atomic E-state index is 13.7. The number of hydrogen-bond acceptors (Lipinski definition) is 3. The van der Waals surface area contributed by atoms with Crippen molar-refractivity contribution in [3.8, 4) is 0 Å². The second kappa shape index (κ2) is 7.11. The molecule has 0 aliphatic rings. The van der Waals surface area contributed by atoms with Crippen molar-refractivity contribution in [2.75, 3.05) is 12.3 Å². The molecular formula is C15H22BrFN2O2. The van der Waals surface area contributed by atoms with Crippen LogP contribution < -0.4 is 11.1 Å². The van der Waals surface area contributed by atoms with E-state index >= 15 is 0 Å². The van der Waals surface area contributed by atoms with Gasteiger partial charge in [0.25, 0.3) is 0 Å². The molecule has 0 bridgehead atoms. The Balaban J connectivity index is 2.52. The minimum atomic E-state index is -0.513. The summed E-state index contributed by atoms with van der Waals surface area (Å²) in [5.74, 6) is -0.314. The average molecular weight is 361 g/mol. The van der Waals surface area contributed by atoms with Crippen LogP contribution in [0.3, 0.4) is 0 Å². The summed E-state index contributed by atoms with van der Waals surface area (Å²) in [7, 11) is 0. The quantitative estimate of drug-likeness (QED) is 0.631. The average Bonchev–Trinajstić information content (AvgIpc) is 2.33. The summed E-state index contributed by atoms with van der Waals surface area (Å²) >= 11 is 3.38. The zero-order valence-corrected chi connectivity index (χ0v) is 14.4. The van der Waals surface area contributed by atoms with E-state index in [1.54, 1.807) is 6.92 Å². The van der Waals surface area contributed by atoms with E-state index in [2.05, 4.69) is 21.2 Å². The Morgan fingerprint density at radius 3 is 2.67 bits per heavy atom. The van der Waals surface area contributed by atoms with Crippen molar-refractivity contribution in [1.29, 1.82) is 0 Å². The lowest BCUT2D eigenvalue weighted by Crippen LogP contribution is -2.33. The van der Waals surface area contributed by atoms with Gasteiger partial charge in [-0.25, -0.2) is 9.18 Å². The molecule has 0 saturated heterocycles. The van der Waals surface area contributed by atoms with Crippen molar-refractivity contribution < 1.29 is 13.9 Å². The first-order valence-electron chi connectivity index (χ1n) is 6.81. The molecule has 0 aliphatic carbocycles. The molecule has 0 heterocycles. The molecule has 0 atom stereocenters. The van der Waals surface area contributed by atoms with Crippen LogP contribution in [0.15, 0.2) is 10.5 Å². The van der Waals surface area contributed by atoms with Gasteiger partial charge >= 0.3 is 6.09 Å². The number of ether oxygens (including phenoxy) is 1. The van der Waals surface area contributed by atoms with Crippen molar-refractivity contribution >= 4 is 27.7 Å². The molecule has 1 amide bonds. The Morgan fingerprint density at radius 1 is 1.48 bits per heavy atom. The SMILES string of the molecule is Cc1c(F)cc(N)c(Br)c1CCCNC(=O)OC(C)(C)C. The third-order valence-electron chi connectivity index (χ3n) is 2.88. The molecule has 1 aromatic carbocycles. The highest BCUT2D eigenvalue weighted by Crippen LogP contribution is 2.30. The summed E-state index contributed by atoms with van der Waals surface area (Å²) in [4.78, 5) is 11.5. The Labute approximate surface area is 133 Å². The minimum Gasteiger partial charge on any atom is -0.444 e. The van der Waals surface area contributed by atoms with Gasteiger partial charge in [-0.15, -0.1) is 0 Å². The molecule has 0 radical (unpaired) electrons. The molecule has 1 aromatic rings. The number of nitrogens with one attached hydrogen (secondary N) is 1. The lowest BCUT2D eigenvalue weighted by Gasteiger charge is -2.19. The summed E-state index contributed by atoms with van der Waals surface area (Å²) in [6.45, 7) is 7.60. The smallest absolute Gasteiger partial charge is 0.407 e. The molecule has 3 N–H and O–H groups in total. The van der Waals surface area contributed by atoms with E-state index < -0.39 is 11.7 Å². The van der Waals surface area contributed by atoms with Crippen LogP contribution in [-0.4, -0.2) is 18.2 Å². The molecule has 1 rings (SSSR count). The van der Waals surface area contributed by atoms with E-state index in [9.17, 15) is 9.18 Å². The second-order valence-electron chi connectivity index (χ2n) is 5.90. The number of nitrogens with two attached hydrogens (primary N) is 1. The maximum Gasteiger partial charge on any atom is 0.407 e. The van der Waals surface area contributed by atoms with Gasteiger partial charge in [0.2, 0.25) is 0 Å². The summed E-state index contributed by atoms with van der Waals surface area (Å²) in [6, 6.07) is 1.31. The molecule has 0 saturated carbocycles. The second-order valence-corrected chi connectivity index (χ2v) is 6.69. The highest BCUT2D eigenvalue weighted by Gasteiger charge is 2.16. The Hall–Kier alpha value is -1.30. The van der Waals surface area contributed by atoms with Gasteiger partial charge in [0.1, 0.15) is 11.4 Å². The topological polar surface area (TPSA) is 64.3 Å². The van der Waals surface area contributed by atoms with Gasteiger partial charge < -0.3 is 15.8 Å². The number of halogens is 2. The number of benzene rings is 1. The van der Waals surface area contributed by atoms with Crippen LogP contribution in [0, 0.1) is 12.7 Å². The van der Waals surface area contributed by atoms with E-state index in [1.807, 2.05) is 20.8 Å². The van der Waals surface area contributed by atoms with Gasteiger partial charge in [0.15, 0.2) is 0 Å². The zero-order chi connectivity index (χ0) is 16.2. The molecule has 0 fully saturated rings. The number of nitrogen functional groups attached to an aromatic ring is 1. The summed E-state index contributed by atoms with van der Waals surface area (Å²) < 4.78 is 19.5. The molecule has 0 spiro atoms. The lowest BCUT2D eigenvalue weighted by atomic mass is 10.0. The van der Waals surface area contributed by atoms with Crippen LogP contribution in [0.5, 0.6) is 0 Å². The fourth-order valence-corrected chi connectivity index (χ4v) is 2.47. The number of rotatable bonds is 4. The van der Waals surface area contributed by atoms with Crippen LogP contribution in [0.1, 0.15) is 38.3 Å². The summed E-state index contributed by atoms with van der Waals surface area (Å²) in [5.41, 5.74) is 7.01. The zero-order valence-electron chi connectivity index (χ0n) is 12.8. The van der Waals surface area contributed by atoms with Crippen molar-refractivity contribution in [1.82, 2.24) is 5.32 Å². The first-order valence-corrected chi connectivity index (χ1v) is 7.61. The Bertz CT molecular complexity index is 501. The third kappa shape index (κ3) is 5.53. The number of alkyl carbamates (subject to hydrolysis) is 1. The predicted octanol–water partition coefficient (Wildman–Crippen LogP) is 3.94. The lowest BCUT2D eigenvalue weighted by molar-refractivity contribution is 0.0527. The molecule has 21 heavy (non-hydrogen) atoms. The minimum absolute atomic E-state index is 0.314. The third-order valence-corrected chi connectivity index (χ3v) is 3.82. The van der Waals surface area contributed by atoms with Crippen molar-refractivity contribution in [2.45, 2.75) is 46.1 Å².